The van der Waals surface area contributed by atoms with Gasteiger partial charge in [0, 0.05) is 20.8 Å². The number of hydrogen-bond donors (Lipinski definition) is 1. The molecular weight excluding hydrogens is 225 g/mol. The molecule has 7 heteroatoms. The van der Waals surface area contributed by atoms with E-state index in [1.54, 1.807) is 19.0 Å². The van der Waals surface area contributed by atoms with Crippen LogP contribution in [0.1, 0.15) is 0 Å². The Morgan fingerprint density at radius 3 is 2.57 bits per heavy atom. The molecule has 1 aliphatic rings. The Bertz CT molecular complexity index is 309. The third kappa shape index (κ3) is 1.84. The van der Waals surface area contributed by atoms with Gasteiger partial charge in [0.15, 0.2) is 16.6 Å². The molecule has 0 saturated heterocycles. The minimum Gasteiger partial charge on any atom is -0.373 e. The van der Waals surface area contributed by atoms with Crippen molar-refractivity contribution >= 4 is 35.1 Å². The lowest BCUT2D eigenvalue weighted by Crippen LogP contribution is -2.41. The first-order chi connectivity index (χ1) is 6.49. The van der Waals surface area contributed by atoms with Crippen molar-refractivity contribution in [1.82, 2.24) is 9.91 Å². The maximum absolute atomic E-state index is 6.02. The van der Waals surface area contributed by atoms with Crippen molar-refractivity contribution in [2.45, 2.75) is 6.29 Å². The molecule has 78 valence electrons. The van der Waals surface area contributed by atoms with Crippen molar-refractivity contribution < 1.29 is 0 Å². The summed E-state index contributed by atoms with van der Waals surface area (Å²) < 4.78 is 0. The number of hydrazone groups is 1. The normalized spacial score (nSPS) is 22.2. The lowest BCUT2D eigenvalue weighted by atomic mass is 10.4. The fourth-order valence-electron chi connectivity index (χ4n) is 1.06. The van der Waals surface area contributed by atoms with Crippen LogP contribution >= 0.6 is 23.2 Å². The Balaban J connectivity index is 3.17. The molecule has 5 nitrogen and oxygen atoms in total. The Kier molecular flexibility index (Phi) is 3.36. The van der Waals surface area contributed by atoms with E-state index in [2.05, 4.69) is 16.8 Å². The van der Waals surface area contributed by atoms with E-state index in [1.165, 1.54) is 5.01 Å². The quantitative estimate of drug-likeness (QED) is 0.569. The molecular formula is C7H11Cl2N5. The number of hydrogen-bond acceptors (Lipinski definition) is 5. The van der Waals surface area contributed by atoms with Crippen LogP contribution in [0.4, 0.5) is 0 Å². The summed E-state index contributed by atoms with van der Waals surface area (Å²) in [6.07, 6.45) is -0.712. The predicted octanol–water partition coefficient (Wildman–Crippen LogP) is 0.767. The van der Waals surface area contributed by atoms with E-state index in [4.69, 9.17) is 28.9 Å². The van der Waals surface area contributed by atoms with Gasteiger partial charge in [-0.2, -0.15) is 5.10 Å². The maximum atomic E-state index is 6.02. The molecule has 1 aliphatic heterocycles. The topological polar surface area (TPSA) is 57.2 Å². The zero-order valence-electron chi connectivity index (χ0n) is 7.91. The summed E-state index contributed by atoms with van der Waals surface area (Å²) in [7, 11) is 3.60. The third-order valence-electron chi connectivity index (χ3n) is 1.69. The van der Waals surface area contributed by atoms with Gasteiger partial charge in [-0.05, 0) is 0 Å². The van der Waals surface area contributed by atoms with E-state index in [-0.39, 0.29) is 5.17 Å². The molecule has 0 aliphatic carbocycles. The molecule has 1 unspecified atom stereocenters. The smallest absolute Gasteiger partial charge is 0.196 e. The van der Waals surface area contributed by atoms with E-state index in [1.807, 2.05) is 0 Å². The summed E-state index contributed by atoms with van der Waals surface area (Å²) in [5.41, 5.74) is 6.19. The van der Waals surface area contributed by atoms with Gasteiger partial charge in [-0.15, -0.1) is 0 Å². The van der Waals surface area contributed by atoms with Crippen LogP contribution in [0.3, 0.4) is 0 Å². The van der Waals surface area contributed by atoms with E-state index in [0.717, 1.165) is 0 Å². The van der Waals surface area contributed by atoms with E-state index in [9.17, 15) is 0 Å². The zero-order valence-corrected chi connectivity index (χ0v) is 9.42. The molecule has 0 saturated carbocycles. The van der Waals surface area contributed by atoms with E-state index >= 15 is 0 Å². The highest BCUT2D eigenvalue weighted by Gasteiger charge is 2.27. The molecule has 0 aromatic carbocycles. The van der Waals surface area contributed by atoms with Crippen LogP contribution in [0.25, 0.3) is 0 Å². The zero-order chi connectivity index (χ0) is 10.9. The Labute approximate surface area is 92.5 Å². The minimum absolute atomic E-state index is 0.271. The summed E-state index contributed by atoms with van der Waals surface area (Å²) in [5, 5.41) is 5.54. The minimum atomic E-state index is -0.712. The van der Waals surface area contributed by atoms with Crippen molar-refractivity contribution in [3.8, 4) is 0 Å². The molecule has 1 atom stereocenters. The number of nitrogens with zero attached hydrogens (tertiary/aromatic N) is 4. The molecule has 1 heterocycles. The first-order valence-corrected chi connectivity index (χ1v) is 4.57. The highest BCUT2D eigenvalue weighted by molar-refractivity contribution is 6.70. The van der Waals surface area contributed by atoms with Crippen molar-refractivity contribution in [2.24, 2.45) is 15.8 Å². The summed E-state index contributed by atoms with van der Waals surface area (Å²) in [6, 6.07) is 0. The van der Waals surface area contributed by atoms with Gasteiger partial charge in [-0.3, -0.25) is 5.73 Å². The number of aliphatic imine (C=N–C) groups is 1. The fourth-order valence-corrected chi connectivity index (χ4v) is 1.88. The van der Waals surface area contributed by atoms with Crippen molar-refractivity contribution in [1.29, 1.82) is 0 Å². The SMILES string of the molecule is C=NN1C(Cl)=C(N(C)C)C(Cl)=NC1N. The number of nitrogens with two attached hydrogens (primary N) is 1. The Morgan fingerprint density at radius 1 is 1.57 bits per heavy atom. The summed E-state index contributed by atoms with van der Waals surface area (Å²) >= 11 is 11.9. The second kappa shape index (κ2) is 4.16. The lowest BCUT2D eigenvalue weighted by Gasteiger charge is -2.30. The molecule has 1 rings (SSSR count). The molecule has 0 spiro atoms. The van der Waals surface area contributed by atoms with Gasteiger partial charge in [0.2, 0.25) is 0 Å². The van der Waals surface area contributed by atoms with Gasteiger partial charge >= 0.3 is 0 Å². The molecule has 0 fully saturated rings. The van der Waals surface area contributed by atoms with Crippen LogP contribution < -0.4 is 5.73 Å². The first kappa shape index (κ1) is 11.3. The number of halogens is 2. The van der Waals surface area contributed by atoms with Crippen LogP contribution in [0.5, 0.6) is 0 Å². The largest absolute Gasteiger partial charge is 0.373 e. The molecule has 0 bridgehead atoms. The number of allylic oxidation sites excluding steroid dienone is 1. The molecule has 0 aromatic heterocycles. The number of rotatable bonds is 2. The highest BCUT2D eigenvalue weighted by Crippen LogP contribution is 2.25. The molecule has 2 N–H and O–H groups in total. The van der Waals surface area contributed by atoms with Crippen LogP contribution in [-0.4, -0.2) is 42.2 Å². The summed E-state index contributed by atoms with van der Waals surface area (Å²) in [5.74, 6) is 0. The summed E-state index contributed by atoms with van der Waals surface area (Å²) in [6.45, 7) is 3.35. The molecule has 0 aromatic rings. The fraction of sp³-hybridized carbons (Fsp3) is 0.429. The van der Waals surface area contributed by atoms with E-state index < -0.39 is 6.29 Å². The third-order valence-corrected chi connectivity index (χ3v) is 2.32. The Morgan fingerprint density at radius 2 is 2.14 bits per heavy atom. The van der Waals surface area contributed by atoms with Crippen molar-refractivity contribution in [3.63, 3.8) is 0 Å². The van der Waals surface area contributed by atoms with E-state index in [0.29, 0.717) is 10.9 Å². The van der Waals surface area contributed by atoms with Gasteiger partial charge in [-0.25, -0.2) is 10.0 Å². The van der Waals surface area contributed by atoms with Crippen molar-refractivity contribution in [3.05, 3.63) is 10.9 Å². The first-order valence-electron chi connectivity index (χ1n) is 3.81. The average Bonchev–Trinajstić information content (AvgIpc) is 2.02. The predicted molar refractivity (Wildman–Crippen MR) is 59.2 cm³/mol. The van der Waals surface area contributed by atoms with Gasteiger partial charge in [0.05, 0.1) is 0 Å². The van der Waals surface area contributed by atoms with Gasteiger partial charge in [-0.1, -0.05) is 23.2 Å². The highest BCUT2D eigenvalue weighted by atomic mass is 35.5. The van der Waals surface area contributed by atoms with Crippen LogP contribution in [-0.2, 0) is 0 Å². The summed E-state index contributed by atoms with van der Waals surface area (Å²) in [4.78, 5) is 5.69. The van der Waals surface area contributed by atoms with Crippen LogP contribution in [0, 0.1) is 0 Å². The van der Waals surface area contributed by atoms with Crippen LogP contribution in [0.15, 0.2) is 20.9 Å². The molecule has 0 amide bonds. The van der Waals surface area contributed by atoms with Crippen LogP contribution in [0.2, 0.25) is 0 Å². The molecule has 0 radical (unpaired) electrons. The lowest BCUT2D eigenvalue weighted by molar-refractivity contribution is 0.282. The second-order valence-electron chi connectivity index (χ2n) is 2.85. The van der Waals surface area contributed by atoms with Gasteiger partial charge in [0.1, 0.15) is 5.70 Å². The van der Waals surface area contributed by atoms with Crippen molar-refractivity contribution in [2.75, 3.05) is 14.1 Å². The Hall–Kier alpha value is -0.780. The van der Waals surface area contributed by atoms with Gasteiger partial charge < -0.3 is 4.90 Å². The van der Waals surface area contributed by atoms with Gasteiger partial charge in [0.25, 0.3) is 0 Å². The average molecular weight is 236 g/mol. The maximum Gasteiger partial charge on any atom is 0.196 e. The molecule has 14 heavy (non-hydrogen) atoms. The monoisotopic (exact) mass is 235 g/mol. The second-order valence-corrected chi connectivity index (χ2v) is 3.57. The standard InChI is InChI=1S/C7H11Cl2N5/c1-11-14-6(9)4(13(2)3)5(8)12-7(14)10/h7H,1,10H2,2-3H3.